The maximum absolute atomic E-state index is 12.6. The maximum atomic E-state index is 12.6. The summed E-state index contributed by atoms with van der Waals surface area (Å²) in [7, 11) is 1.47. The molecule has 1 aromatic carbocycles. The highest BCUT2D eigenvalue weighted by Crippen LogP contribution is 2.40. The van der Waals surface area contributed by atoms with Gasteiger partial charge >= 0.3 is 5.97 Å². The predicted octanol–water partition coefficient (Wildman–Crippen LogP) is 1.47. The molecular formula is C16H16O6. The zero-order chi connectivity index (χ0) is 15.9. The van der Waals surface area contributed by atoms with Crippen LogP contribution >= 0.6 is 0 Å². The summed E-state index contributed by atoms with van der Waals surface area (Å²) in [6.07, 6.45) is -0.386. The molecule has 6 nitrogen and oxygen atoms in total. The Balaban J connectivity index is 2.05. The van der Waals surface area contributed by atoms with Gasteiger partial charge in [0.05, 0.1) is 20.1 Å². The summed E-state index contributed by atoms with van der Waals surface area (Å²) in [5.74, 6) is -0.0255. The van der Waals surface area contributed by atoms with Gasteiger partial charge < -0.3 is 19.3 Å². The number of fused-ring (bicyclic) bond motifs is 1. The lowest BCUT2D eigenvalue weighted by Crippen LogP contribution is -2.23. The number of aliphatic hydroxyl groups excluding tert-OH is 1. The number of carbonyl (C=O) groups is 2. The van der Waals surface area contributed by atoms with E-state index in [4.69, 9.17) is 14.2 Å². The van der Waals surface area contributed by atoms with Gasteiger partial charge in [-0.05, 0) is 12.1 Å². The van der Waals surface area contributed by atoms with Crippen LogP contribution in [0.15, 0.2) is 29.5 Å². The SMILES string of the molecule is COc1cccc2c1C(=O)C(=C(CO)[C@@H]1OC(=O)C[C@H]1C)O2. The third kappa shape index (κ3) is 2.16. The van der Waals surface area contributed by atoms with Crippen LogP contribution in [-0.2, 0) is 9.53 Å². The summed E-state index contributed by atoms with van der Waals surface area (Å²) in [6, 6.07) is 5.03. The Morgan fingerprint density at radius 2 is 2.18 bits per heavy atom. The van der Waals surface area contributed by atoms with Crippen LogP contribution < -0.4 is 9.47 Å². The number of ether oxygens (including phenoxy) is 3. The monoisotopic (exact) mass is 304 g/mol. The fourth-order valence-corrected chi connectivity index (χ4v) is 2.85. The highest BCUT2D eigenvalue weighted by Gasteiger charge is 2.40. The van der Waals surface area contributed by atoms with E-state index in [2.05, 4.69) is 0 Å². The summed E-state index contributed by atoms with van der Waals surface area (Å²) in [4.78, 5) is 24.0. The van der Waals surface area contributed by atoms with Gasteiger partial charge in [0.25, 0.3) is 0 Å². The fourth-order valence-electron chi connectivity index (χ4n) is 2.85. The standard InChI is InChI=1S/C16H16O6/c1-8-6-12(18)22-15(8)9(7-17)16-14(19)13-10(20-2)4-3-5-11(13)21-16/h3-5,8,15,17H,6-7H2,1-2H3/t8-,15-/m1/s1. The molecule has 1 fully saturated rings. The molecule has 0 radical (unpaired) electrons. The van der Waals surface area contributed by atoms with Crippen molar-refractivity contribution in [3.8, 4) is 11.5 Å². The van der Waals surface area contributed by atoms with Gasteiger partial charge in [-0.1, -0.05) is 13.0 Å². The average molecular weight is 304 g/mol. The zero-order valence-corrected chi connectivity index (χ0v) is 12.3. The topological polar surface area (TPSA) is 82.1 Å². The fraction of sp³-hybridized carbons (Fsp3) is 0.375. The Kier molecular flexibility index (Phi) is 3.62. The second-order valence-corrected chi connectivity index (χ2v) is 5.37. The van der Waals surface area contributed by atoms with E-state index < -0.39 is 12.7 Å². The molecule has 0 spiro atoms. The second kappa shape index (κ2) is 5.46. The second-order valence-electron chi connectivity index (χ2n) is 5.37. The summed E-state index contributed by atoms with van der Waals surface area (Å²) >= 11 is 0. The number of allylic oxidation sites excluding steroid dienone is 1. The first-order valence-corrected chi connectivity index (χ1v) is 6.99. The smallest absolute Gasteiger partial charge is 0.306 e. The van der Waals surface area contributed by atoms with E-state index in [1.54, 1.807) is 18.2 Å². The van der Waals surface area contributed by atoms with Crippen molar-refractivity contribution >= 4 is 11.8 Å². The number of carbonyl (C=O) groups excluding carboxylic acids is 2. The van der Waals surface area contributed by atoms with Crippen molar-refractivity contribution in [3.05, 3.63) is 35.1 Å². The van der Waals surface area contributed by atoms with E-state index in [1.165, 1.54) is 7.11 Å². The highest BCUT2D eigenvalue weighted by molar-refractivity contribution is 6.14. The van der Waals surface area contributed by atoms with E-state index in [1.807, 2.05) is 6.92 Å². The van der Waals surface area contributed by atoms with Gasteiger partial charge in [0, 0.05) is 11.5 Å². The lowest BCUT2D eigenvalue weighted by molar-refractivity contribution is -0.140. The normalized spacial score (nSPS) is 25.6. The molecule has 2 aliphatic heterocycles. The Morgan fingerprint density at radius 3 is 2.77 bits per heavy atom. The summed E-state index contributed by atoms with van der Waals surface area (Å²) in [5, 5.41) is 9.66. The van der Waals surface area contributed by atoms with Crippen LogP contribution in [0.25, 0.3) is 0 Å². The van der Waals surface area contributed by atoms with Gasteiger partial charge in [0.15, 0.2) is 5.76 Å². The number of ketones is 1. The van der Waals surface area contributed by atoms with Crippen LogP contribution in [-0.4, -0.2) is 36.7 Å². The summed E-state index contributed by atoms with van der Waals surface area (Å²) in [6.45, 7) is 1.42. The maximum Gasteiger partial charge on any atom is 0.306 e. The molecule has 116 valence electrons. The molecule has 22 heavy (non-hydrogen) atoms. The number of hydrogen-bond acceptors (Lipinski definition) is 6. The van der Waals surface area contributed by atoms with Crippen LogP contribution in [0.4, 0.5) is 0 Å². The van der Waals surface area contributed by atoms with E-state index in [0.29, 0.717) is 22.6 Å². The van der Waals surface area contributed by atoms with Crippen LogP contribution in [0.5, 0.6) is 11.5 Å². The quantitative estimate of drug-likeness (QED) is 0.672. The van der Waals surface area contributed by atoms with E-state index in [9.17, 15) is 14.7 Å². The molecule has 0 bridgehead atoms. The third-order valence-corrected chi connectivity index (χ3v) is 3.92. The first-order chi connectivity index (χ1) is 10.6. The number of hydrogen-bond donors (Lipinski definition) is 1. The van der Waals surface area contributed by atoms with Crippen molar-refractivity contribution in [1.82, 2.24) is 0 Å². The number of esters is 1. The van der Waals surface area contributed by atoms with Gasteiger partial charge in [-0.15, -0.1) is 0 Å². The Hall–Kier alpha value is -2.34. The van der Waals surface area contributed by atoms with Crippen molar-refractivity contribution in [2.75, 3.05) is 13.7 Å². The van der Waals surface area contributed by atoms with Crippen molar-refractivity contribution in [2.45, 2.75) is 19.4 Å². The van der Waals surface area contributed by atoms with Crippen LogP contribution in [0.3, 0.4) is 0 Å². The molecule has 0 unspecified atom stereocenters. The number of aliphatic hydroxyl groups is 1. The number of cyclic esters (lactones) is 1. The minimum atomic E-state index is -0.642. The Morgan fingerprint density at radius 1 is 1.41 bits per heavy atom. The molecule has 2 aliphatic rings. The summed E-state index contributed by atoms with van der Waals surface area (Å²) in [5.41, 5.74) is 0.615. The van der Waals surface area contributed by atoms with Crippen LogP contribution in [0.2, 0.25) is 0 Å². The first kappa shape index (κ1) is 14.6. The summed E-state index contributed by atoms with van der Waals surface area (Å²) < 4.78 is 16.0. The van der Waals surface area contributed by atoms with Gasteiger partial charge in [-0.2, -0.15) is 0 Å². The third-order valence-electron chi connectivity index (χ3n) is 3.92. The lowest BCUT2D eigenvalue weighted by atomic mass is 9.95. The minimum absolute atomic E-state index is 0.0218. The molecule has 2 heterocycles. The minimum Gasteiger partial charge on any atom is -0.496 e. The molecule has 0 amide bonds. The highest BCUT2D eigenvalue weighted by atomic mass is 16.6. The van der Waals surface area contributed by atoms with E-state index in [0.717, 1.165) is 0 Å². The predicted molar refractivity (Wildman–Crippen MR) is 75.7 cm³/mol. The van der Waals surface area contributed by atoms with Gasteiger partial charge in [0.2, 0.25) is 5.78 Å². The first-order valence-electron chi connectivity index (χ1n) is 6.99. The molecule has 3 rings (SSSR count). The van der Waals surface area contributed by atoms with Crippen molar-refractivity contribution in [1.29, 1.82) is 0 Å². The van der Waals surface area contributed by atoms with Crippen LogP contribution in [0, 0.1) is 5.92 Å². The lowest BCUT2D eigenvalue weighted by Gasteiger charge is -2.17. The molecule has 1 N–H and O–H groups in total. The molecule has 0 aromatic heterocycles. The Bertz CT molecular complexity index is 675. The largest absolute Gasteiger partial charge is 0.496 e. The Labute approximate surface area is 127 Å². The molecule has 6 heteroatoms. The molecule has 0 aliphatic carbocycles. The van der Waals surface area contributed by atoms with Crippen molar-refractivity contribution < 1.29 is 28.9 Å². The molecule has 2 atom stereocenters. The number of Topliss-reactive ketones (excluding diaryl/α,β-unsaturated/α-hetero) is 1. The molecule has 1 saturated heterocycles. The molecule has 1 aromatic rings. The van der Waals surface area contributed by atoms with Gasteiger partial charge in [0.1, 0.15) is 23.2 Å². The van der Waals surface area contributed by atoms with E-state index >= 15 is 0 Å². The van der Waals surface area contributed by atoms with Gasteiger partial charge in [-0.25, -0.2) is 0 Å². The average Bonchev–Trinajstić information content (AvgIpc) is 3.01. The number of benzene rings is 1. The number of rotatable bonds is 3. The van der Waals surface area contributed by atoms with Crippen molar-refractivity contribution in [3.63, 3.8) is 0 Å². The number of methoxy groups -OCH3 is 1. The van der Waals surface area contributed by atoms with Gasteiger partial charge in [-0.3, -0.25) is 9.59 Å². The molecular weight excluding hydrogens is 288 g/mol. The van der Waals surface area contributed by atoms with E-state index in [-0.39, 0.29) is 29.9 Å². The van der Waals surface area contributed by atoms with Crippen LogP contribution in [0.1, 0.15) is 23.7 Å². The zero-order valence-electron chi connectivity index (χ0n) is 12.3. The molecule has 0 saturated carbocycles. The van der Waals surface area contributed by atoms with Crippen molar-refractivity contribution in [2.24, 2.45) is 5.92 Å².